The Hall–Kier alpha value is -2.51. The maximum absolute atomic E-state index is 13.5. The van der Waals surface area contributed by atoms with Gasteiger partial charge in [-0.3, -0.25) is 10.1 Å². The second kappa shape index (κ2) is 5.01. The lowest BCUT2D eigenvalue weighted by atomic mass is 10.1. The van der Waals surface area contributed by atoms with Crippen molar-refractivity contribution in [1.82, 2.24) is 5.43 Å². The van der Waals surface area contributed by atoms with Gasteiger partial charge in [0.2, 0.25) is 0 Å². The molecule has 0 aromatic heterocycles. The van der Waals surface area contributed by atoms with Crippen LogP contribution in [0.2, 0.25) is 0 Å². The van der Waals surface area contributed by atoms with Crippen molar-refractivity contribution < 1.29 is 14.1 Å². The normalized spacial score (nSPS) is 10.5. The Morgan fingerprint density at radius 1 is 1.65 bits per heavy atom. The van der Waals surface area contributed by atoms with E-state index in [9.17, 15) is 19.3 Å². The lowest BCUT2D eigenvalue weighted by Gasteiger charge is -2.01. The van der Waals surface area contributed by atoms with Gasteiger partial charge in [0.25, 0.3) is 5.69 Å². The summed E-state index contributed by atoms with van der Waals surface area (Å²) in [6.07, 6.45) is 0.831. The van der Waals surface area contributed by atoms with Gasteiger partial charge in [0.05, 0.1) is 11.1 Å². The van der Waals surface area contributed by atoms with Crippen LogP contribution in [0.3, 0.4) is 0 Å². The number of urea groups is 1. The second-order valence-electron chi connectivity index (χ2n) is 3.17. The number of nitro groups is 1. The van der Waals surface area contributed by atoms with Crippen LogP contribution in [0, 0.1) is 22.9 Å². The molecule has 0 radical (unpaired) electrons. The van der Waals surface area contributed by atoms with Crippen LogP contribution < -0.4 is 11.2 Å². The lowest BCUT2D eigenvalue weighted by molar-refractivity contribution is -0.385. The zero-order valence-electron chi connectivity index (χ0n) is 8.81. The maximum Gasteiger partial charge on any atom is 0.332 e. The molecule has 1 aromatic rings. The van der Waals surface area contributed by atoms with E-state index in [0.29, 0.717) is 5.56 Å². The zero-order valence-corrected chi connectivity index (χ0v) is 8.81. The number of benzene rings is 1. The number of carbonyl (C=O) groups is 1. The molecular formula is C9H9FN4O3. The molecule has 0 aliphatic carbocycles. The summed E-state index contributed by atoms with van der Waals surface area (Å²) >= 11 is 0. The van der Waals surface area contributed by atoms with Crippen LogP contribution in [-0.2, 0) is 0 Å². The molecule has 17 heavy (non-hydrogen) atoms. The molecular weight excluding hydrogens is 231 g/mol. The van der Waals surface area contributed by atoms with Gasteiger partial charge in [-0.05, 0) is 18.6 Å². The Labute approximate surface area is 95.3 Å². The first-order valence-corrected chi connectivity index (χ1v) is 4.45. The molecule has 0 aliphatic heterocycles. The molecule has 7 nitrogen and oxygen atoms in total. The van der Waals surface area contributed by atoms with E-state index in [-0.39, 0.29) is 5.56 Å². The molecule has 0 bridgehead atoms. The Bertz CT molecular complexity index is 501. The average molecular weight is 240 g/mol. The summed E-state index contributed by atoms with van der Waals surface area (Å²) in [5.41, 5.74) is 6.20. The van der Waals surface area contributed by atoms with Crippen LogP contribution >= 0.6 is 0 Å². The molecule has 0 aliphatic rings. The van der Waals surface area contributed by atoms with Crippen LogP contribution in [0.4, 0.5) is 14.9 Å². The molecule has 0 spiro atoms. The van der Waals surface area contributed by atoms with Gasteiger partial charge < -0.3 is 5.73 Å². The predicted octanol–water partition coefficient (Wildman–Crippen LogP) is 1.04. The Morgan fingerprint density at radius 3 is 2.82 bits per heavy atom. The number of nitrogens with one attached hydrogen (secondary N) is 1. The number of nitro benzene ring substituents is 1. The summed E-state index contributed by atoms with van der Waals surface area (Å²) in [7, 11) is 0. The van der Waals surface area contributed by atoms with Gasteiger partial charge in [0.15, 0.2) is 0 Å². The molecule has 2 amide bonds. The first-order chi connectivity index (χ1) is 7.91. The van der Waals surface area contributed by atoms with E-state index in [4.69, 9.17) is 5.73 Å². The summed E-state index contributed by atoms with van der Waals surface area (Å²) in [5, 5.41) is 14.0. The van der Waals surface area contributed by atoms with Crippen LogP contribution in [0.1, 0.15) is 11.1 Å². The number of carbonyl (C=O) groups excluding carboxylic acids is 1. The highest BCUT2D eigenvalue weighted by molar-refractivity contribution is 5.86. The number of primary amides is 1. The van der Waals surface area contributed by atoms with Gasteiger partial charge in [0.1, 0.15) is 11.4 Å². The molecule has 0 fully saturated rings. The molecule has 0 saturated heterocycles. The Kier molecular flexibility index (Phi) is 3.70. The van der Waals surface area contributed by atoms with Crippen molar-refractivity contribution in [2.24, 2.45) is 10.8 Å². The van der Waals surface area contributed by atoms with E-state index in [1.54, 1.807) is 0 Å². The summed E-state index contributed by atoms with van der Waals surface area (Å²) in [6, 6.07) is 1.38. The third-order valence-corrected chi connectivity index (χ3v) is 1.82. The third-order valence-electron chi connectivity index (χ3n) is 1.82. The topological polar surface area (TPSA) is 111 Å². The van der Waals surface area contributed by atoms with Crippen molar-refractivity contribution in [2.75, 3.05) is 0 Å². The number of hydrogen-bond acceptors (Lipinski definition) is 4. The number of hydrazone groups is 1. The molecule has 0 heterocycles. The lowest BCUT2D eigenvalue weighted by Crippen LogP contribution is -2.24. The van der Waals surface area contributed by atoms with E-state index >= 15 is 0 Å². The number of halogens is 1. The summed E-state index contributed by atoms with van der Waals surface area (Å²) < 4.78 is 13.5. The van der Waals surface area contributed by atoms with Crippen molar-refractivity contribution in [1.29, 1.82) is 0 Å². The van der Waals surface area contributed by atoms with Crippen molar-refractivity contribution in [3.05, 3.63) is 39.2 Å². The minimum absolute atomic E-state index is 0.325. The highest BCUT2D eigenvalue weighted by Crippen LogP contribution is 2.21. The standard InChI is InChI=1S/C9H9FN4O3/c1-5-2-7(10)6(4-12-13-9(11)15)8(3-5)14(16)17/h2-4H,1H3,(H3,11,13,15). The van der Waals surface area contributed by atoms with Crippen LogP contribution in [0.15, 0.2) is 17.2 Å². The fourth-order valence-corrected chi connectivity index (χ4v) is 1.17. The average Bonchev–Trinajstić information content (AvgIpc) is 2.19. The van der Waals surface area contributed by atoms with E-state index in [1.807, 2.05) is 5.43 Å². The predicted molar refractivity (Wildman–Crippen MR) is 58.1 cm³/mol. The van der Waals surface area contributed by atoms with Gasteiger partial charge in [-0.2, -0.15) is 5.10 Å². The maximum atomic E-state index is 13.5. The van der Waals surface area contributed by atoms with Crippen molar-refractivity contribution >= 4 is 17.9 Å². The largest absolute Gasteiger partial charge is 0.350 e. The number of aryl methyl sites for hydroxylation is 1. The molecule has 1 aromatic carbocycles. The quantitative estimate of drug-likeness (QED) is 0.467. The molecule has 90 valence electrons. The Balaban J connectivity index is 3.17. The van der Waals surface area contributed by atoms with Gasteiger partial charge in [-0.1, -0.05) is 0 Å². The van der Waals surface area contributed by atoms with Crippen molar-refractivity contribution in [2.45, 2.75) is 6.92 Å². The monoisotopic (exact) mass is 240 g/mol. The highest BCUT2D eigenvalue weighted by atomic mass is 19.1. The summed E-state index contributed by atoms with van der Waals surface area (Å²) in [4.78, 5) is 20.3. The van der Waals surface area contributed by atoms with Gasteiger partial charge >= 0.3 is 6.03 Å². The smallest absolute Gasteiger partial charge is 0.332 e. The number of nitrogens with two attached hydrogens (primary N) is 1. The van der Waals surface area contributed by atoms with Gasteiger partial charge in [0, 0.05) is 6.07 Å². The van der Waals surface area contributed by atoms with Crippen LogP contribution in [0.25, 0.3) is 0 Å². The first-order valence-electron chi connectivity index (χ1n) is 4.45. The van der Waals surface area contributed by atoms with Gasteiger partial charge in [-0.15, -0.1) is 0 Å². The van der Waals surface area contributed by atoms with Gasteiger partial charge in [-0.25, -0.2) is 14.6 Å². The summed E-state index contributed by atoms with van der Waals surface area (Å²) in [5.74, 6) is -0.799. The molecule has 0 saturated carbocycles. The van der Waals surface area contributed by atoms with E-state index in [2.05, 4.69) is 5.10 Å². The summed E-state index contributed by atoms with van der Waals surface area (Å²) in [6.45, 7) is 1.53. The van der Waals surface area contributed by atoms with E-state index in [1.165, 1.54) is 13.0 Å². The zero-order chi connectivity index (χ0) is 13.0. The van der Waals surface area contributed by atoms with Crippen molar-refractivity contribution in [3.8, 4) is 0 Å². The van der Waals surface area contributed by atoms with Crippen molar-refractivity contribution in [3.63, 3.8) is 0 Å². The van der Waals surface area contributed by atoms with E-state index in [0.717, 1.165) is 12.3 Å². The molecule has 1 rings (SSSR count). The molecule has 8 heteroatoms. The van der Waals surface area contributed by atoms with E-state index < -0.39 is 22.5 Å². The number of amides is 2. The highest BCUT2D eigenvalue weighted by Gasteiger charge is 2.17. The van der Waals surface area contributed by atoms with Crippen LogP contribution in [0.5, 0.6) is 0 Å². The minimum Gasteiger partial charge on any atom is -0.350 e. The fraction of sp³-hybridized carbons (Fsp3) is 0.111. The number of hydrogen-bond donors (Lipinski definition) is 2. The number of rotatable bonds is 3. The SMILES string of the molecule is Cc1cc(F)c(C=NNC(N)=O)c([N+](=O)[O-])c1. The minimum atomic E-state index is -0.948. The first kappa shape index (κ1) is 12.6. The Morgan fingerprint density at radius 2 is 2.29 bits per heavy atom. The number of nitrogens with zero attached hydrogens (tertiary/aromatic N) is 2. The second-order valence-corrected chi connectivity index (χ2v) is 3.17. The fourth-order valence-electron chi connectivity index (χ4n) is 1.17. The third kappa shape index (κ3) is 3.23. The van der Waals surface area contributed by atoms with Crippen LogP contribution in [-0.4, -0.2) is 17.2 Å². The molecule has 0 unspecified atom stereocenters. The molecule has 0 atom stereocenters. The molecule has 3 N–H and O–H groups in total.